The van der Waals surface area contributed by atoms with Crippen molar-refractivity contribution in [1.29, 1.82) is 0 Å². The van der Waals surface area contributed by atoms with Crippen molar-refractivity contribution in [2.45, 2.75) is 45.6 Å². The SMILES string of the molecule is Cc1ccc(NC2CCCC(C)C2)c(N)c1. The molecule has 0 heterocycles. The molecule has 0 bridgehead atoms. The van der Waals surface area contributed by atoms with E-state index >= 15 is 0 Å². The summed E-state index contributed by atoms with van der Waals surface area (Å²) in [5, 5.41) is 3.58. The van der Waals surface area contributed by atoms with E-state index in [2.05, 4.69) is 31.3 Å². The molecule has 0 spiro atoms. The average molecular weight is 218 g/mol. The van der Waals surface area contributed by atoms with Crippen molar-refractivity contribution in [3.63, 3.8) is 0 Å². The summed E-state index contributed by atoms with van der Waals surface area (Å²) in [6.07, 6.45) is 5.26. The van der Waals surface area contributed by atoms with Gasteiger partial charge in [-0.05, 0) is 43.4 Å². The van der Waals surface area contributed by atoms with Crippen molar-refractivity contribution in [3.8, 4) is 0 Å². The third-order valence-electron chi connectivity index (χ3n) is 3.50. The van der Waals surface area contributed by atoms with Gasteiger partial charge in [0, 0.05) is 6.04 Å². The summed E-state index contributed by atoms with van der Waals surface area (Å²) < 4.78 is 0. The Kier molecular flexibility index (Phi) is 3.37. The van der Waals surface area contributed by atoms with Gasteiger partial charge >= 0.3 is 0 Å². The Labute approximate surface area is 98.2 Å². The first kappa shape index (κ1) is 11.3. The maximum Gasteiger partial charge on any atom is 0.0576 e. The summed E-state index contributed by atoms with van der Waals surface area (Å²) in [5.41, 5.74) is 9.21. The maximum absolute atomic E-state index is 6.01. The zero-order valence-corrected chi connectivity index (χ0v) is 10.3. The number of hydrogen-bond acceptors (Lipinski definition) is 2. The maximum atomic E-state index is 6.01. The minimum atomic E-state index is 0.605. The molecular formula is C14H22N2. The first-order chi connectivity index (χ1) is 7.65. The second-order valence-electron chi connectivity index (χ2n) is 5.20. The molecule has 2 rings (SSSR count). The van der Waals surface area contributed by atoms with Gasteiger partial charge in [0.05, 0.1) is 11.4 Å². The molecule has 2 heteroatoms. The molecule has 2 unspecified atom stereocenters. The smallest absolute Gasteiger partial charge is 0.0576 e. The van der Waals surface area contributed by atoms with E-state index in [-0.39, 0.29) is 0 Å². The Bertz CT molecular complexity index is 360. The lowest BCUT2D eigenvalue weighted by atomic mass is 9.87. The van der Waals surface area contributed by atoms with Gasteiger partial charge in [-0.25, -0.2) is 0 Å². The molecule has 2 nitrogen and oxygen atoms in total. The molecule has 1 fully saturated rings. The number of aryl methyl sites for hydroxylation is 1. The number of rotatable bonds is 2. The van der Waals surface area contributed by atoms with Crippen molar-refractivity contribution in [3.05, 3.63) is 23.8 Å². The third kappa shape index (κ3) is 2.69. The van der Waals surface area contributed by atoms with Crippen LogP contribution in [0.5, 0.6) is 0 Å². The van der Waals surface area contributed by atoms with Crippen LogP contribution in [0.2, 0.25) is 0 Å². The Morgan fingerprint density at radius 2 is 2.12 bits per heavy atom. The van der Waals surface area contributed by atoms with Crippen LogP contribution < -0.4 is 11.1 Å². The largest absolute Gasteiger partial charge is 0.397 e. The highest BCUT2D eigenvalue weighted by Gasteiger charge is 2.18. The standard InChI is InChI=1S/C14H22N2/c1-10-4-3-5-12(8-10)16-14-7-6-11(2)9-13(14)15/h6-7,9-10,12,16H,3-5,8,15H2,1-2H3. The molecule has 1 aliphatic rings. The van der Waals surface area contributed by atoms with Crippen LogP contribution in [0, 0.1) is 12.8 Å². The van der Waals surface area contributed by atoms with Crippen LogP contribution in [-0.4, -0.2) is 6.04 Å². The predicted octanol–water partition coefficient (Wildman–Crippen LogP) is 3.57. The van der Waals surface area contributed by atoms with E-state index in [1.807, 2.05) is 6.07 Å². The van der Waals surface area contributed by atoms with E-state index in [4.69, 9.17) is 5.73 Å². The summed E-state index contributed by atoms with van der Waals surface area (Å²) in [7, 11) is 0. The zero-order valence-electron chi connectivity index (χ0n) is 10.3. The normalized spacial score (nSPS) is 25.4. The molecule has 16 heavy (non-hydrogen) atoms. The topological polar surface area (TPSA) is 38.0 Å². The lowest BCUT2D eigenvalue weighted by Crippen LogP contribution is -2.26. The molecular weight excluding hydrogens is 196 g/mol. The van der Waals surface area contributed by atoms with Crippen LogP contribution in [0.25, 0.3) is 0 Å². The summed E-state index contributed by atoms with van der Waals surface area (Å²) >= 11 is 0. The van der Waals surface area contributed by atoms with Gasteiger partial charge in [-0.3, -0.25) is 0 Å². The van der Waals surface area contributed by atoms with Gasteiger partial charge in [-0.2, -0.15) is 0 Å². The minimum absolute atomic E-state index is 0.605. The molecule has 0 aliphatic heterocycles. The van der Waals surface area contributed by atoms with Crippen LogP contribution in [0.15, 0.2) is 18.2 Å². The van der Waals surface area contributed by atoms with Crippen molar-refractivity contribution in [2.24, 2.45) is 5.92 Å². The van der Waals surface area contributed by atoms with Crippen LogP contribution in [-0.2, 0) is 0 Å². The monoisotopic (exact) mass is 218 g/mol. The second-order valence-corrected chi connectivity index (χ2v) is 5.20. The summed E-state index contributed by atoms with van der Waals surface area (Å²) in [4.78, 5) is 0. The number of hydrogen-bond donors (Lipinski definition) is 2. The van der Waals surface area contributed by atoms with E-state index in [0.717, 1.165) is 17.3 Å². The van der Waals surface area contributed by atoms with Crippen LogP contribution >= 0.6 is 0 Å². The van der Waals surface area contributed by atoms with Crippen LogP contribution in [0.1, 0.15) is 38.2 Å². The summed E-state index contributed by atoms with van der Waals surface area (Å²) in [6.45, 7) is 4.41. The number of nitrogens with one attached hydrogen (secondary N) is 1. The van der Waals surface area contributed by atoms with Gasteiger partial charge in [-0.15, -0.1) is 0 Å². The van der Waals surface area contributed by atoms with E-state index in [1.165, 1.54) is 31.2 Å². The number of benzene rings is 1. The van der Waals surface area contributed by atoms with Gasteiger partial charge in [0.15, 0.2) is 0 Å². The van der Waals surface area contributed by atoms with Crippen molar-refractivity contribution in [1.82, 2.24) is 0 Å². The van der Waals surface area contributed by atoms with Gasteiger partial charge in [-0.1, -0.05) is 25.8 Å². The molecule has 1 aliphatic carbocycles. The van der Waals surface area contributed by atoms with Gasteiger partial charge in [0.25, 0.3) is 0 Å². The van der Waals surface area contributed by atoms with E-state index in [9.17, 15) is 0 Å². The van der Waals surface area contributed by atoms with Crippen molar-refractivity contribution < 1.29 is 0 Å². The number of nitrogen functional groups attached to an aromatic ring is 1. The molecule has 0 saturated heterocycles. The third-order valence-corrected chi connectivity index (χ3v) is 3.50. The highest BCUT2D eigenvalue weighted by Crippen LogP contribution is 2.28. The number of anilines is 2. The lowest BCUT2D eigenvalue weighted by Gasteiger charge is -2.28. The average Bonchev–Trinajstić information content (AvgIpc) is 2.22. The van der Waals surface area contributed by atoms with E-state index in [0.29, 0.717) is 6.04 Å². The molecule has 88 valence electrons. The molecule has 1 aromatic rings. The molecule has 0 amide bonds. The van der Waals surface area contributed by atoms with Gasteiger partial charge in [0.2, 0.25) is 0 Å². The van der Waals surface area contributed by atoms with Crippen LogP contribution in [0.3, 0.4) is 0 Å². The Hall–Kier alpha value is -1.18. The zero-order chi connectivity index (χ0) is 11.5. The van der Waals surface area contributed by atoms with Crippen LogP contribution in [0.4, 0.5) is 11.4 Å². The molecule has 1 saturated carbocycles. The second kappa shape index (κ2) is 4.77. The van der Waals surface area contributed by atoms with Gasteiger partial charge in [0.1, 0.15) is 0 Å². The fourth-order valence-electron chi connectivity index (χ4n) is 2.60. The van der Waals surface area contributed by atoms with E-state index < -0.39 is 0 Å². The Morgan fingerprint density at radius 1 is 1.31 bits per heavy atom. The minimum Gasteiger partial charge on any atom is -0.397 e. The Balaban J connectivity index is 2.02. The Morgan fingerprint density at radius 3 is 2.81 bits per heavy atom. The number of nitrogens with two attached hydrogens (primary N) is 1. The lowest BCUT2D eigenvalue weighted by molar-refractivity contribution is 0.359. The van der Waals surface area contributed by atoms with Crippen molar-refractivity contribution >= 4 is 11.4 Å². The molecule has 2 atom stereocenters. The van der Waals surface area contributed by atoms with E-state index in [1.54, 1.807) is 0 Å². The van der Waals surface area contributed by atoms with Crippen molar-refractivity contribution in [2.75, 3.05) is 11.1 Å². The molecule has 3 N–H and O–H groups in total. The highest BCUT2D eigenvalue weighted by molar-refractivity contribution is 5.67. The fraction of sp³-hybridized carbons (Fsp3) is 0.571. The van der Waals surface area contributed by atoms with Gasteiger partial charge < -0.3 is 11.1 Å². The first-order valence-electron chi connectivity index (χ1n) is 6.28. The summed E-state index contributed by atoms with van der Waals surface area (Å²) in [5.74, 6) is 0.845. The molecule has 0 aromatic heterocycles. The quantitative estimate of drug-likeness (QED) is 0.745. The summed E-state index contributed by atoms with van der Waals surface area (Å²) in [6, 6.07) is 6.86. The molecule has 1 aromatic carbocycles. The molecule has 0 radical (unpaired) electrons. The fourth-order valence-corrected chi connectivity index (χ4v) is 2.60. The first-order valence-corrected chi connectivity index (χ1v) is 6.28. The predicted molar refractivity (Wildman–Crippen MR) is 70.6 cm³/mol. The highest BCUT2D eigenvalue weighted by atomic mass is 14.9.